The van der Waals surface area contributed by atoms with Crippen molar-refractivity contribution in [1.82, 2.24) is 0 Å². The van der Waals surface area contributed by atoms with Crippen molar-refractivity contribution in [2.75, 3.05) is 35.6 Å². The van der Waals surface area contributed by atoms with Crippen LogP contribution < -0.4 is 19.7 Å². The van der Waals surface area contributed by atoms with Gasteiger partial charge in [-0.2, -0.15) is 0 Å². The maximum absolute atomic E-state index is 13.0. The topological polar surface area (TPSA) is 87.7 Å². The molecule has 2 N–H and O–H groups in total. The molecule has 0 unspecified atom stereocenters. The third kappa shape index (κ3) is 5.52. The molecule has 168 valence electrons. The average molecular weight is 474 g/mol. The van der Waals surface area contributed by atoms with Gasteiger partial charge in [-0.15, -0.1) is 0 Å². The van der Waals surface area contributed by atoms with Crippen LogP contribution in [0, 0.1) is 0 Å². The standard InChI is InChI=1S/C23H24ClN3O4S/c1-4-27(2)20-12-5-16(6-13-20)23(28)25-19-11-14-21(31-3)22(15-19)32(29,30)26-18-9-7-17(24)8-10-18/h5-15,26H,4H2,1-3H3,(H,25,28). The molecular formula is C23H24ClN3O4S. The van der Waals surface area contributed by atoms with Gasteiger partial charge in [0.15, 0.2) is 0 Å². The number of amides is 1. The Morgan fingerprint density at radius 3 is 2.22 bits per heavy atom. The van der Waals surface area contributed by atoms with E-state index in [0.29, 0.717) is 22.0 Å². The molecule has 0 bridgehead atoms. The molecule has 9 heteroatoms. The highest BCUT2D eigenvalue weighted by Gasteiger charge is 2.21. The highest BCUT2D eigenvalue weighted by Crippen LogP contribution is 2.29. The first-order valence-electron chi connectivity index (χ1n) is 9.82. The van der Waals surface area contributed by atoms with Crippen LogP contribution in [0.1, 0.15) is 17.3 Å². The van der Waals surface area contributed by atoms with Crippen molar-refractivity contribution in [1.29, 1.82) is 0 Å². The molecule has 0 aromatic heterocycles. The van der Waals surface area contributed by atoms with Gasteiger partial charge >= 0.3 is 0 Å². The van der Waals surface area contributed by atoms with Crippen LogP contribution in [0.25, 0.3) is 0 Å². The van der Waals surface area contributed by atoms with E-state index in [4.69, 9.17) is 16.3 Å². The lowest BCUT2D eigenvalue weighted by atomic mass is 10.1. The highest BCUT2D eigenvalue weighted by molar-refractivity contribution is 7.92. The number of rotatable bonds is 8. The summed E-state index contributed by atoms with van der Waals surface area (Å²) in [4.78, 5) is 14.6. The molecular weight excluding hydrogens is 450 g/mol. The van der Waals surface area contributed by atoms with Crippen molar-refractivity contribution < 1.29 is 17.9 Å². The van der Waals surface area contributed by atoms with Gasteiger partial charge in [-0.1, -0.05) is 11.6 Å². The smallest absolute Gasteiger partial charge is 0.265 e. The van der Waals surface area contributed by atoms with Crippen LogP contribution in [0.3, 0.4) is 0 Å². The van der Waals surface area contributed by atoms with E-state index in [9.17, 15) is 13.2 Å². The second kappa shape index (κ2) is 9.93. The molecule has 3 rings (SSSR count). The number of nitrogens with zero attached hydrogens (tertiary/aromatic N) is 1. The fourth-order valence-electron chi connectivity index (χ4n) is 2.95. The minimum atomic E-state index is -3.98. The molecule has 3 aromatic carbocycles. The molecule has 0 fully saturated rings. The average Bonchev–Trinajstić information content (AvgIpc) is 2.80. The molecule has 0 aliphatic heterocycles. The number of benzene rings is 3. The SMILES string of the molecule is CCN(C)c1ccc(C(=O)Nc2ccc(OC)c(S(=O)(=O)Nc3ccc(Cl)cc3)c2)cc1. The number of carbonyl (C=O) groups excluding carboxylic acids is 1. The zero-order valence-electron chi connectivity index (χ0n) is 17.9. The first-order valence-corrected chi connectivity index (χ1v) is 11.7. The predicted molar refractivity (Wildman–Crippen MR) is 129 cm³/mol. The number of halogens is 1. The van der Waals surface area contributed by atoms with Crippen molar-refractivity contribution in [3.8, 4) is 5.75 Å². The third-order valence-corrected chi connectivity index (χ3v) is 6.51. The summed E-state index contributed by atoms with van der Waals surface area (Å²) in [5, 5.41) is 3.23. The Hall–Kier alpha value is -3.23. The number of carbonyl (C=O) groups is 1. The summed E-state index contributed by atoms with van der Waals surface area (Å²) < 4.78 is 33.6. The van der Waals surface area contributed by atoms with Crippen molar-refractivity contribution in [2.45, 2.75) is 11.8 Å². The van der Waals surface area contributed by atoms with Gasteiger partial charge < -0.3 is 15.0 Å². The first kappa shape index (κ1) is 23.4. The number of hydrogen-bond donors (Lipinski definition) is 2. The Balaban J connectivity index is 1.83. The van der Waals surface area contributed by atoms with E-state index >= 15 is 0 Å². The summed E-state index contributed by atoms with van der Waals surface area (Å²) in [5.74, 6) is -0.203. The van der Waals surface area contributed by atoms with Crippen LogP contribution in [-0.4, -0.2) is 35.0 Å². The highest BCUT2D eigenvalue weighted by atomic mass is 35.5. The van der Waals surface area contributed by atoms with E-state index < -0.39 is 10.0 Å². The van der Waals surface area contributed by atoms with Crippen LogP contribution in [0.15, 0.2) is 71.6 Å². The molecule has 0 saturated heterocycles. The van der Waals surface area contributed by atoms with Gasteiger partial charge in [0.2, 0.25) is 0 Å². The van der Waals surface area contributed by atoms with Crippen LogP contribution in [0.4, 0.5) is 17.1 Å². The summed E-state index contributed by atoms with van der Waals surface area (Å²) in [6.07, 6.45) is 0. The van der Waals surface area contributed by atoms with Gasteiger partial charge in [-0.25, -0.2) is 8.42 Å². The molecule has 3 aromatic rings. The van der Waals surface area contributed by atoms with Gasteiger partial charge in [0.05, 0.1) is 7.11 Å². The fourth-order valence-corrected chi connectivity index (χ4v) is 4.33. The largest absolute Gasteiger partial charge is 0.495 e. The summed E-state index contributed by atoms with van der Waals surface area (Å²) in [6, 6.07) is 17.9. The van der Waals surface area contributed by atoms with Gasteiger partial charge in [-0.05, 0) is 73.7 Å². The zero-order valence-corrected chi connectivity index (χ0v) is 19.5. The number of hydrogen-bond acceptors (Lipinski definition) is 5. The molecule has 32 heavy (non-hydrogen) atoms. The molecule has 0 heterocycles. The predicted octanol–water partition coefficient (Wildman–Crippen LogP) is 4.86. The van der Waals surface area contributed by atoms with Gasteiger partial charge in [-0.3, -0.25) is 9.52 Å². The second-order valence-electron chi connectivity index (χ2n) is 6.99. The molecule has 0 atom stereocenters. The minimum Gasteiger partial charge on any atom is -0.495 e. The van der Waals surface area contributed by atoms with Crippen molar-refractivity contribution in [2.24, 2.45) is 0 Å². The summed E-state index contributed by atoms with van der Waals surface area (Å²) in [7, 11) is -0.641. The van der Waals surface area contributed by atoms with Gasteiger partial charge in [0.25, 0.3) is 15.9 Å². The maximum atomic E-state index is 13.0. The van der Waals surface area contributed by atoms with Crippen LogP contribution in [-0.2, 0) is 10.0 Å². The van der Waals surface area contributed by atoms with E-state index in [2.05, 4.69) is 14.9 Å². The Morgan fingerprint density at radius 1 is 1.00 bits per heavy atom. The van der Waals surface area contributed by atoms with Crippen molar-refractivity contribution >= 4 is 44.6 Å². The van der Waals surface area contributed by atoms with E-state index in [1.54, 1.807) is 42.5 Å². The Kier molecular flexibility index (Phi) is 7.27. The molecule has 0 saturated carbocycles. The molecule has 0 aliphatic rings. The first-order chi connectivity index (χ1) is 15.2. The summed E-state index contributed by atoms with van der Waals surface area (Å²) >= 11 is 5.86. The van der Waals surface area contributed by atoms with Crippen molar-refractivity contribution in [3.05, 3.63) is 77.3 Å². The number of sulfonamides is 1. The number of ether oxygens (including phenoxy) is 1. The van der Waals surface area contributed by atoms with E-state index in [-0.39, 0.29) is 16.6 Å². The lowest BCUT2D eigenvalue weighted by molar-refractivity contribution is 0.102. The second-order valence-corrected chi connectivity index (χ2v) is 9.08. The maximum Gasteiger partial charge on any atom is 0.265 e. The van der Waals surface area contributed by atoms with Crippen molar-refractivity contribution in [3.63, 3.8) is 0 Å². The number of methoxy groups -OCH3 is 1. The van der Waals surface area contributed by atoms with Crippen LogP contribution in [0.5, 0.6) is 5.75 Å². The zero-order chi connectivity index (χ0) is 23.3. The summed E-state index contributed by atoms with van der Waals surface area (Å²) in [6.45, 7) is 2.89. The van der Waals surface area contributed by atoms with E-state index in [1.807, 2.05) is 26.1 Å². The van der Waals surface area contributed by atoms with Gasteiger partial charge in [0.1, 0.15) is 10.6 Å². The number of nitrogens with one attached hydrogen (secondary N) is 2. The number of anilines is 3. The third-order valence-electron chi connectivity index (χ3n) is 4.85. The van der Waals surface area contributed by atoms with E-state index in [0.717, 1.165) is 12.2 Å². The molecule has 0 radical (unpaired) electrons. The fraction of sp³-hybridized carbons (Fsp3) is 0.174. The Bertz CT molecular complexity index is 1200. The Labute approximate surface area is 193 Å². The molecule has 1 amide bonds. The minimum absolute atomic E-state index is 0.104. The molecule has 7 nitrogen and oxygen atoms in total. The van der Waals surface area contributed by atoms with E-state index in [1.165, 1.54) is 19.2 Å². The van der Waals surface area contributed by atoms with Crippen LogP contribution in [0.2, 0.25) is 5.02 Å². The quantitative estimate of drug-likeness (QED) is 0.488. The normalized spacial score (nSPS) is 11.0. The Morgan fingerprint density at radius 2 is 1.62 bits per heavy atom. The van der Waals surface area contributed by atoms with Crippen LogP contribution >= 0.6 is 11.6 Å². The molecule has 0 spiro atoms. The molecule has 0 aliphatic carbocycles. The summed E-state index contributed by atoms with van der Waals surface area (Å²) in [5.41, 5.74) is 2.12. The monoisotopic (exact) mass is 473 g/mol. The lowest BCUT2D eigenvalue weighted by Gasteiger charge is -2.17. The lowest BCUT2D eigenvalue weighted by Crippen LogP contribution is -2.17. The van der Waals surface area contributed by atoms with Gasteiger partial charge in [0, 0.05) is 41.2 Å².